The van der Waals surface area contributed by atoms with Gasteiger partial charge in [0.05, 0.1) is 15.7 Å². The quantitative estimate of drug-likeness (QED) is 0.867. The van der Waals surface area contributed by atoms with Gasteiger partial charge in [-0.25, -0.2) is 9.78 Å². The Bertz CT molecular complexity index is 521. The monoisotopic (exact) mass is 271 g/mol. The number of aryl methyl sites for hydroxylation is 1. The van der Waals surface area contributed by atoms with Crippen LogP contribution in [-0.4, -0.2) is 16.1 Å². The maximum Gasteiger partial charge on any atom is 0.337 e. The summed E-state index contributed by atoms with van der Waals surface area (Å²) in [4.78, 5) is 16.1. The van der Waals surface area contributed by atoms with Gasteiger partial charge in [0.1, 0.15) is 4.83 Å². The summed E-state index contributed by atoms with van der Waals surface area (Å²) in [5.74, 6) is -0.925. The molecule has 0 bridgehead atoms. The van der Waals surface area contributed by atoms with Crippen LogP contribution in [0.3, 0.4) is 0 Å². The van der Waals surface area contributed by atoms with E-state index in [0.29, 0.717) is 21.1 Å². The van der Waals surface area contributed by atoms with Gasteiger partial charge in [0.25, 0.3) is 0 Å². The molecule has 2 aromatic heterocycles. The normalized spacial score (nSPS) is 10.7. The van der Waals surface area contributed by atoms with Gasteiger partial charge in [0.15, 0.2) is 0 Å². The number of carboxylic acids is 1. The SMILES string of the molecule is Cc1nc2sccc2c(C(=O)O)c1Br. The Morgan fingerprint density at radius 2 is 2.36 bits per heavy atom. The van der Waals surface area contributed by atoms with Crippen molar-refractivity contribution in [1.82, 2.24) is 4.98 Å². The summed E-state index contributed by atoms with van der Waals surface area (Å²) in [7, 11) is 0. The number of aromatic nitrogens is 1. The minimum Gasteiger partial charge on any atom is -0.478 e. The number of hydrogen-bond acceptors (Lipinski definition) is 3. The van der Waals surface area contributed by atoms with E-state index in [9.17, 15) is 4.79 Å². The summed E-state index contributed by atoms with van der Waals surface area (Å²) in [5.41, 5.74) is 1.01. The van der Waals surface area contributed by atoms with Crippen molar-refractivity contribution in [1.29, 1.82) is 0 Å². The molecule has 0 atom stereocenters. The lowest BCUT2D eigenvalue weighted by molar-refractivity contribution is 0.0698. The first-order chi connectivity index (χ1) is 6.61. The molecule has 5 heteroatoms. The second kappa shape index (κ2) is 3.33. The number of aromatic carboxylic acids is 1. The zero-order valence-corrected chi connectivity index (χ0v) is 9.65. The molecule has 0 aliphatic heterocycles. The van der Waals surface area contributed by atoms with Crippen LogP contribution in [0, 0.1) is 6.92 Å². The second-order valence-corrected chi connectivity index (χ2v) is 4.52. The van der Waals surface area contributed by atoms with Crippen molar-refractivity contribution in [3.8, 4) is 0 Å². The highest BCUT2D eigenvalue weighted by Gasteiger charge is 2.16. The van der Waals surface area contributed by atoms with Gasteiger partial charge < -0.3 is 5.11 Å². The van der Waals surface area contributed by atoms with Gasteiger partial charge in [-0.05, 0) is 34.3 Å². The van der Waals surface area contributed by atoms with Gasteiger partial charge in [-0.2, -0.15) is 0 Å². The first-order valence-corrected chi connectivity index (χ1v) is 5.55. The van der Waals surface area contributed by atoms with Crippen LogP contribution in [0.4, 0.5) is 0 Å². The van der Waals surface area contributed by atoms with E-state index in [1.54, 1.807) is 13.0 Å². The van der Waals surface area contributed by atoms with Crippen LogP contribution < -0.4 is 0 Å². The van der Waals surface area contributed by atoms with Gasteiger partial charge in [0.2, 0.25) is 0 Å². The molecule has 2 rings (SSSR count). The van der Waals surface area contributed by atoms with Crippen molar-refractivity contribution in [3.63, 3.8) is 0 Å². The van der Waals surface area contributed by atoms with Crippen molar-refractivity contribution in [3.05, 3.63) is 27.2 Å². The van der Waals surface area contributed by atoms with Gasteiger partial charge in [-0.15, -0.1) is 11.3 Å². The minimum atomic E-state index is -0.925. The molecule has 0 aromatic carbocycles. The van der Waals surface area contributed by atoms with Crippen LogP contribution in [0.2, 0.25) is 0 Å². The molecule has 0 saturated heterocycles. The van der Waals surface area contributed by atoms with Crippen LogP contribution in [-0.2, 0) is 0 Å². The summed E-state index contributed by atoms with van der Waals surface area (Å²) in [5, 5.41) is 11.6. The minimum absolute atomic E-state index is 0.300. The molecule has 0 saturated carbocycles. The molecule has 2 heterocycles. The highest BCUT2D eigenvalue weighted by molar-refractivity contribution is 9.10. The largest absolute Gasteiger partial charge is 0.478 e. The van der Waals surface area contributed by atoms with E-state index in [2.05, 4.69) is 20.9 Å². The Labute approximate surface area is 92.5 Å². The topological polar surface area (TPSA) is 50.2 Å². The van der Waals surface area contributed by atoms with Crippen LogP contribution in [0.5, 0.6) is 0 Å². The number of carboxylic acid groups (broad SMARTS) is 1. The number of hydrogen-bond donors (Lipinski definition) is 1. The molecular formula is C9H6BrNO2S. The van der Waals surface area contributed by atoms with Crippen molar-refractivity contribution in [2.24, 2.45) is 0 Å². The highest BCUT2D eigenvalue weighted by atomic mass is 79.9. The third-order valence-corrected chi connectivity index (χ3v) is 3.71. The number of fused-ring (bicyclic) bond motifs is 1. The van der Waals surface area contributed by atoms with Crippen molar-refractivity contribution in [2.45, 2.75) is 6.92 Å². The molecule has 0 fully saturated rings. The number of rotatable bonds is 1. The average molecular weight is 272 g/mol. The summed E-state index contributed by atoms with van der Waals surface area (Å²) in [6, 6.07) is 1.78. The summed E-state index contributed by atoms with van der Waals surface area (Å²) in [6.07, 6.45) is 0. The number of carbonyl (C=O) groups is 1. The van der Waals surface area contributed by atoms with Gasteiger partial charge in [-0.3, -0.25) is 0 Å². The predicted octanol–water partition coefficient (Wildman–Crippen LogP) is 3.07. The number of nitrogens with zero attached hydrogens (tertiary/aromatic N) is 1. The fourth-order valence-electron chi connectivity index (χ4n) is 1.29. The average Bonchev–Trinajstić information content (AvgIpc) is 2.52. The fraction of sp³-hybridized carbons (Fsp3) is 0.111. The lowest BCUT2D eigenvalue weighted by Crippen LogP contribution is -2.01. The van der Waals surface area contributed by atoms with E-state index >= 15 is 0 Å². The van der Waals surface area contributed by atoms with Crippen LogP contribution in [0.25, 0.3) is 10.2 Å². The maximum atomic E-state index is 11.0. The third kappa shape index (κ3) is 1.33. The summed E-state index contributed by atoms with van der Waals surface area (Å²) in [6.45, 7) is 1.79. The van der Waals surface area contributed by atoms with E-state index in [4.69, 9.17) is 5.11 Å². The Morgan fingerprint density at radius 1 is 1.64 bits per heavy atom. The van der Waals surface area contributed by atoms with Gasteiger partial charge in [0, 0.05) is 5.39 Å². The van der Waals surface area contributed by atoms with E-state index in [-0.39, 0.29) is 0 Å². The third-order valence-electron chi connectivity index (χ3n) is 1.93. The molecule has 1 N–H and O–H groups in total. The van der Waals surface area contributed by atoms with Crippen molar-refractivity contribution < 1.29 is 9.90 Å². The van der Waals surface area contributed by atoms with E-state index in [0.717, 1.165) is 4.83 Å². The summed E-state index contributed by atoms with van der Waals surface area (Å²) >= 11 is 4.69. The van der Waals surface area contributed by atoms with Crippen molar-refractivity contribution in [2.75, 3.05) is 0 Å². The molecule has 0 spiro atoms. The van der Waals surface area contributed by atoms with Gasteiger partial charge >= 0.3 is 5.97 Å². The van der Waals surface area contributed by atoms with Crippen LogP contribution in [0.1, 0.15) is 16.1 Å². The van der Waals surface area contributed by atoms with Crippen LogP contribution >= 0.6 is 27.3 Å². The first-order valence-electron chi connectivity index (χ1n) is 3.88. The molecule has 2 aromatic rings. The number of thiophene rings is 1. The number of pyridine rings is 1. The highest BCUT2D eigenvalue weighted by Crippen LogP contribution is 2.30. The molecule has 0 aliphatic rings. The molecule has 0 aliphatic carbocycles. The lowest BCUT2D eigenvalue weighted by Gasteiger charge is -2.03. The van der Waals surface area contributed by atoms with Crippen molar-refractivity contribution >= 4 is 43.5 Å². The zero-order valence-electron chi connectivity index (χ0n) is 7.24. The Hall–Kier alpha value is -0.940. The molecule has 0 unspecified atom stereocenters. The molecule has 14 heavy (non-hydrogen) atoms. The summed E-state index contributed by atoms with van der Waals surface area (Å²) < 4.78 is 0.566. The van der Waals surface area contributed by atoms with E-state index in [1.807, 2.05) is 5.38 Å². The molecule has 0 radical (unpaired) electrons. The Kier molecular flexibility index (Phi) is 2.28. The Balaban J connectivity index is 2.93. The van der Waals surface area contributed by atoms with Crippen LogP contribution in [0.15, 0.2) is 15.9 Å². The molecule has 0 amide bonds. The smallest absolute Gasteiger partial charge is 0.337 e. The second-order valence-electron chi connectivity index (χ2n) is 2.83. The predicted molar refractivity (Wildman–Crippen MR) is 59.0 cm³/mol. The lowest BCUT2D eigenvalue weighted by atomic mass is 10.1. The molecular weight excluding hydrogens is 266 g/mol. The number of halogens is 1. The fourth-order valence-corrected chi connectivity index (χ4v) is 2.58. The van der Waals surface area contributed by atoms with Gasteiger partial charge in [-0.1, -0.05) is 0 Å². The standard InChI is InChI=1S/C9H6BrNO2S/c1-4-7(10)6(9(12)13)5-2-3-14-8(5)11-4/h2-3H,1H3,(H,12,13). The van der Waals surface area contributed by atoms with E-state index in [1.165, 1.54) is 11.3 Å². The molecule has 3 nitrogen and oxygen atoms in total. The first kappa shape index (κ1) is 9.61. The Morgan fingerprint density at radius 3 is 3.00 bits per heavy atom. The maximum absolute atomic E-state index is 11.0. The molecule has 72 valence electrons. The van der Waals surface area contributed by atoms with E-state index < -0.39 is 5.97 Å². The zero-order chi connectivity index (χ0) is 10.3.